The molecular weight excluding hydrogens is 266 g/mol. The van der Waals surface area contributed by atoms with Crippen LogP contribution in [0.4, 0.5) is 0 Å². The molecule has 4 rings (SSSR count). The Hall–Kier alpha value is -1.86. The van der Waals surface area contributed by atoms with E-state index in [9.17, 15) is 0 Å². The van der Waals surface area contributed by atoms with Gasteiger partial charge in [-0.05, 0) is 54.8 Å². The first-order chi connectivity index (χ1) is 10.8. The molecule has 112 valence electrons. The van der Waals surface area contributed by atoms with Crippen LogP contribution in [0.2, 0.25) is 0 Å². The number of hydrogen-bond acceptors (Lipinski definition) is 1. The van der Waals surface area contributed by atoms with E-state index in [4.69, 9.17) is 0 Å². The van der Waals surface area contributed by atoms with Crippen LogP contribution in [-0.2, 0) is 0 Å². The second kappa shape index (κ2) is 5.40. The maximum Gasteiger partial charge on any atom is 0.0110 e. The summed E-state index contributed by atoms with van der Waals surface area (Å²) in [5.41, 5.74) is 7.71. The van der Waals surface area contributed by atoms with Crippen molar-refractivity contribution < 1.29 is 0 Å². The molecule has 2 aromatic rings. The average Bonchev–Trinajstić information content (AvgIpc) is 3.09. The lowest BCUT2D eigenvalue weighted by Crippen LogP contribution is -2.11. The Bertz CT molecular complexity index is 726. The molecule has 0 aliphatic heterocycles. The molecule has 0 spiro atoms. The molecule has 0 saturated heterocycles. The molecular formula is C21H23N. The van der Waals surface area contributed by atoms with Crippen LogP contribution in [0, 0.1) is 0 Å². The van der Waals surface area contributed by atoms with E-state index in [1.54, 1.807) is 22.3 Å². The van der Waals surface area contributed by atoms with Gasteiger partial charge in [-0.25, -0.2) is 0 Å². The Labute approximate surface area is 133 Å². The third-order valence-electron chi connectivity index (χ3n) is 5.16. The Morgan fingerprint density at radius 2 is 1.68 bits per heavy atom. The van der Waals surface area contributed by atoms with Crippen molar-refractivity contribution in [3.63, 3.8) is 0 Å². The zero-order valence-corrected chi connectivity index (χ0v) is 13.4. The van der Waals surface area contributed by atoms with Crippen molar-refractivity contribution in [1.29, 1.82) is 0 Å². The molecule has 1 nitrogen and oxygen atoms in total. The molecule has 2 atom stereocenters. The topological polar surface area (TPSA) is 3.24 Å². The van der Waals surface area contributed by atoms with Gasteiger partial charge >= 0.3 is 0 Å². The highest BCUT2D eigenvalue weighted by molar-refractivity contribution is 5.67. The lowest BCUT2D eigenvalue weighted by Gasteiger charge is -2.21. The van der Waals surface area contributed by atoms with Gasteiger partial charge in [0.2, 0.25) is 0 Å². The Kier molecular flexibility index (Phi) is 3.38. The van der Waals surface area contributed by atoms with Gasteiger partial charge in [-0.15, -0.1) is 0 Å². The van der Waals surface area contributed by atoms with Crippen LogP contribution in [0.15, 0.2) is 48.5 Å². The van der Waals surface area contributed by atoms with Gasteiger partial charge in [0.05, 0.1) is 0 Å². The molecule has 0 fully saturated rings. The van der Waals surface area contributed by atoms with Crippen LogP contribution in [0.3, 0.4) is 0 Å². The van der Waals surface area contributed by atoms with Crippen LogP contribution in [-0.4, -0.2) is 25.5 Å². The third-order valence-corrected chi connectivity index (χ3v) is 5.16. The summed E-state index contributed by atoms with van der Waals surface area (Å²) in [5, 5.41) is 0. The van der Waals surface area contributed by atoms with Gasteiger partial charge in [0.15, 0.2) is 0 Å². The van der Waals surface area contributed by atoms with Gasteiger partial charge in [0.25, 0.3) is 0 Å². The molecule has 2 unspecified atom stereocenters. The van der Waals surface area contributed by atoms with Crippen molar-refractivity contribution in [2.45, 2.75) is 24.7 Å². The number of rotatable bonds is 4. The lowest BCUT2D eigenvalue weighted by molar-refractivity contribution is 0.417. The molecule has 0 aromatic heterocycles. The van der Waals surface area contributed by atoms with Crippen molar-refractivity contribution >= 4 is 6.08 Å². The van der Waals surface area contributed by atoms with E-state index in [0.29, 0.717) is 11.8 Å². The molecule has 0 radical (unpaired) electrons. The maximum absolute atomic E-state index is 2.34. The Morgan fingerprint density at radius 3 is 2.45 bits per heavy atom. The molecule has 2 aliphatic carbocycles. The average molecular weight is 289 g/mol. The fourth-order valence-electron chi connectivity index (χ4n) is 4.20. The van der Waals surface area contributed by atoms with Gasteiger partial charge in [0, 0.05) is 18.4 Å². The summed E-state index contributed by atoms with van der Waals surface area (Å²) < 4.78 is 0. The summed E-state index contributed by atoms with van der Waals surface area (Å²) >= 11 is 0. The smallest absolute Gasteiger partial charge is 0.0110 e. The van der Waals surface area contributed by atoms with Crippen LogP contribution in [0.25, 0.3) is 6.08 Å². The van der Waals surface area contributed by atoms with Gasteiger partial charge in [-0.1, -0.05) is 54.6 Å². The fraction of sp³-hybridized carbons (Fsp3) is 0.333. The predicted molar refractivity (Wildman–Crippen MR) is 93.4 cm³/mol. The van der Waals surface area contributed by atoms with Gasteiger partial charge in [-0.2, -0.15) is 0 Å². The van der Waals surface area contributed by atoms with Crippen LogP contribution in [0.1, 0.15) is 52.5 Å². The molecule has 0 saturated carbocycles. The molecule has 0 N–H and O–H groups in total. The third kappa shape index (κ3) is 2.12. The quantitative estimate of drug-likeness (QED) is 0.793. The Morgan fingerprint density at radius 1 is 0.955 bits per heavy atom. The number of fused-ring (bicyclic) bond motifs is 8. The van der Waals surface area contributed by atoms with E-state index in [2.05, 4.69) is 73.6 Å². The van der Waals surface area contributed by atoms with E-state index in [-0.39, 0.29) is 0 Å². The first-order valence-electron chi connectivity index (χ1n) is 8.28. The van der Waals surface area contributed by atoms with Gasteiger partial charge in [-0.3, -0.25) is 0 Å². The van der Waals surface area contributed by atoms with Gasteiger partial charge in [0.1, 0.15) is 0 Å². The molecule has 0 heterocycles. The van der Waals surface area contributed by atoms with Crippen LogP contribution in [0.5, 0.6) is 0 Å². The highest BCUT2D eigenvalue weighted by Gasteiger charge is 2.41. The molecule has 2 bridgehead atoms. The summed E-state index contributed by atoms with van der Waals surface area (Å²) in [4.78, 5) is 2.23. The second-order valence-corrected chi connectivity index (χ2v) is 6.81. The van der Waals surface area contributed by atoms with E-state index in [0.717, 1.165) is 13.0 Å². The molecule has 2 aromatic carbocycles. The van der Waals surface area contributed by atoms with E-state index < -0.39 is 0 Å². The van der Waals surface area contributed by atoms with E-state index in [1.807, 2.05) is 0 Å². The standard InChI is InChI=1S/C21H23N/c1-22(2)13-6-5-8-15-9-7-12-18-19-14-20(21(15)18)17-11-4-3-10-16(17)19/h3-5,7-12,19-20H,6,13-14H2,1-2H3. The summed E-state index contributed by atoms with van der Waals surface area (Å²) in [7, 11) is 4.26. The highest BCUT2D eigenvalue weighted by Crippen LogP contribution is 2.57. The number of benzene rings is 2. The first kappa shape index (κ1) is 13.8. The zero-order valence-electron chi connectivity index (χ0n) is 13.4. The van der Waals surface area contributed by atoms with Crippen molar-refractivity contribution in [1.82, 2.24) is 4.90 Å². The van der Waals surface area contributed by atoms with E-state index >= 15 is 0 Å². The predicted octanol–water partition coefficient (Wildman–Crippen LogP) is 4.63. The zero-order chi connectivity index (χ0) is 15.1. The monoisotopic (exact) mass is 289 g/mol. The van der Waals surface area contributed by atoms with E-state index in [1.165, 1.54) is 12.0 Å². The number of nitrogens with zero attached hydrogens (tertiary/aromatic N) is 1. The summed E-state index contributed by atoms with van der Waals surface area (Å²) in [6, 6.07) is 15.9. The highest BCUT2D eigenvalue weighted by atomic mass is 15.0. The summed E-state index contributed by atoms with van der Waals surface area (Å²) in [6.07, 6.45) is 7.05. The van der Waals surface area contributed by atoms with Crippen LogP contribution < -0.4 is 0 Å². The minimum Gasteiger partial charge on any atom is -0.309 e. The fourth-order valence-corrected chi connectivity index (χ4v) is 4.20. The number of hydrogen-bond donors (Lipinski definition) is 0. The maximum atomic E-state index is 2.34. The van der Waals surface area contributed by atoms with Crippen molar-refractivity contribution in [3.05, 3.63) is 76.4 Å². The normalized spacial score (nSPS) is 21.6. The Balaban J connectivity index is 1.67. The van der Waals surface area contributed by atoms with Crippen molar-refractivity contribution in [2.75, 3.05) is 20.6 Å². The van der Waals surface area contributed by atoms with Crippen molar-refractivity contribution in [3.8, 4) is 0 Å². The molecule has 1 heteroatoms. The largest absolute Gasteiger partial charge is 0.309 e. The summed E-state index contributed by atoms with van der Waals surface area (Å²) in [6.45, 7) is 1.11. The summed E-state index contributed by atoms with van der Waals surface area (Å²) in [5.74, 6) is 1.25. The van der Waals surface area contributed by atoms with Crippen LogP contribution >= 0.6 is 0 Å². The minimum absolute atomic E-state index is 0.617. The minimum atomic E-state index is 0.617. The molecule has 2 aliphatic rings. The SMILES string of the molecule is CN(C)CCC=Cc1cccc2c1C1CC2c2ccccc21. The lowest BCUT2D eigenvalue weighted by atomic mass is 9.83. The first-order valence-corrected chi connectivity index (χ1v) is 8.28. The second-order valence-electron chi connectivity index (χ2n) is 6.81. The molecule has 22 heavy (non-hydrogen) atoms. The van der Waals surface area contributed by atoms with Crippen molar-refractivity contribution in [2.24, 2.45) is 0 Å². The van der Waals surface area contributed by atoms with Gasteiger partial charge < -0.3 is 4.90 Å². The molecule has 0 amide bonds.